The molecule has 1 amide bonds. The molecule has 0 bridgehead atoms. The Labute approximate surface area is 169 Å². The molecule has 1 N–H and O–H groups in total. The van der Waals surface area contributed by atoms with Crippen LogP contribution in [0.25, 0.3) is 5.69 Å². The highest BCUT2D eigenvalue weighted by Gasteiger charge is 2.10. The minimum absolute atomic E-state index is 0.140. The monoisotopic (exact) mass is 421 g/mol. The highest BCUT2D eigenvalue weighted by atomic mass is 32.2. The van der Waals surface area contributed by atoms with Crippen molar-refractivity contribution in [3.05, 3.63) is 58.3 Å². The van der Waals surface area contributed by atoms with E-state index in [1.54, 1.807) is 28.9 Å². The van der Waals surface area contributed by atoms with E-state index >= 15 is 0 Å². The van der Waals surface area contributed by atoms with Crippen molar-refractivity contribution in [1.29, 1.82) is 0 Å². The molecule has 1 aromatic heterocycles. The van der Waals surface area contributed by atoms with Gasteiger partial charge in [-0.1, -0.05) is 23.1 Å². The Morgan fingerprint density at radius 3 is 2.63 bits per heavy atom. The van der Waals surface area contributed by atoms with Gasteiger partial charge in [0.1, 0.15) is 11.6 Å². The summed E-state index contributed by atoms with van der Waals surface area (Å²) in [5, 5.41) is 7.22. The van der Waals surface area contributed by atoms with E-state index < -0.39 is 0 Å². The molecule has 0 atom stereocenters. The Hall–Kier alpha value is -2.23. The number of nitrogens with one attached hydrogen (secondary N) is 1. The van der Waals surface area contributed by atoms with Crippen LogP contribution in [0.15, 0.2) is 52.9 Å². The summed E-state index contributed by atoms with van der Waals surface area (Å²) in [5.41, 5.74) is 1.39. The highest BCUT2D eigenvalue weighted by Crippen LogP contribution is 2.24. The molecule has 0 unspecified atom stereocenters. The van der Waals surface area contributed by atoms with Crippen LogP contribution in [0.4, 0.5) is 10.1 Å². The lowest BCUT2D eigenvalue weighted by Crippen LogP contribution is -2.13. The first-order valence-corrected chi connectivity index (χ1v) is 10.3. The summed E-state index contributed by atoms with van der Waals surface area (Å²) in [6.45, 7) is 2.51. The van der Waals surface area contributed by atoms with E-state index in [0.29, 0.717) is 26.3 Å². The second-order valence-electron chi connectivity index (χ2n) is 5.32. The number of hydrogen-bond acceptors (Lipinski definition) is 6. The first-order chi connectivity index (χ1) is 13.0. The normalized spacial score (nSPS) is 10.6. The molecule has 3 aromatic rings. The van der Waals surface area contributed by atoms with E-state index in [-0.39, 0.29) is 17.5 Å². The standard InChI is InChI=1S/C18H16FN3O2S3/c1-2-24-15-9-5-13(6-10-15)20-16(23)11-26-17-21-22(18(25)27-17)14-7-3-12(19)4-8-14/h3-10H,2,11H2,1H3,(H,20,23). The van der Waals surface area contributed by atoms with Crippen LogP contribution in [0.3, 0.4) is 0 Å². The van der Waals surface area contributed by atoms with Crippen LogP contribution in [0.5, 0.6) is 5.75 Å². The van der Waals surface area contributed by atoms with Crippen molar-refractivity contribution in [1.82, 2.24) is 9.78 Å². The number of hydrogen-bond donors (Lipinski definition) is 1. The predicted molar refractivity (Wildman–Crippen MR) is 109 cm³/mol. The molecule has 0 fully saturated rings. The van der Waals surface area contributed by atoms with Gasteiger partial charge in [-0.2, -0.15) is 0 Å². The van der Waals surface area contributed by atoms with Gasteiger partial charge in [-0.3, -0.25) is 4.79 Å². The summed E-state index contributed by atoms with van der Waals surface area (Å²) in [4.78, 5) is 12.1. The van der Waals surface area contributed by atoms with Gasteiger partial charge in [0.15, 0.2) is 8.29 Å². The third-order valence-corrected chi connectivity index (χ3v) is 5.74. The maximum Gasteiger partial charge on any atom is 0.234 e. The summed E-state index contributed by atoms with van der Waals surface area (Å²) in [5.74, 6) is 0.509. The Morgan fingerprint density at radius 1 is 1.26 bits per heavy atom. The van der Waals surface area contributed by atoms with E-state index in [1.165, 1.54) is 35.2 Å². The molecule has 2 aromatic carbocycles. The molecule has 0 saturated carbocycles. The lowest BCUT2D eigenvalue weighted by Gasteiger charge is -2.06. The number of benzene rings is 2. The van der Waals surface area contributed by atoms with Crippen molar-refractivity contribution in [3.8, 4) is 11.4 Å². The zero-order valence-electron chi connectivity index (χ0n) is 14.3. The molecule has 0 radical (unpaired) electrons. The van der Waals surface area contributed by atoms with Crippen molar-refractivity contribution in [3.63, 3.8) is 0 Å². The Morgan fingerprint density at radius 2 is 1.96 bits per heavy atom. The second kappa shape index (κ2) is 9.12. The van der Waals surface area contributed by atoms with E-state index in [0.717, 1.165) is 5.75 Å². The first-order valence-electron chi connectivity index (χ1n) is 8.07. The molecular formula is C18H16FN3O2S3. The number of thioether (sulfide) groups is 1. The summed E-state index contributed by atoms with van der Waals surface area (Å²) < 4.78 is 21.2. The number of nitrogens with zero attached hydrogens (tertiary/aromatic N) is 2. The number of rotatable bonds is 7. The average molecular weight is 422 g/mol. The fourth-order valence-electron chi connectivity index (χ4n) is 2.19. The number of halogens is 1. The Kier molecular flexibility index (Phi) is 6.59. The van der Waals surface area contributed by atoms with Crippen LogP contribution in [0, 0.1) is 9.77 Å². The van der Waals surface area contributed by atoms with E-state index in [1.807, 2.05) is 19.1 Å². The van der Waals surface area contributed by atoms with Gasteiger partial charge < -0.3 is 10.1 Å². The van der Waals surface area contributed by atoms with Gasteiger partial charge in [-0.05, 0) is 67.7 Å². The molecule has 0 aliphatic heterocycles. The molecular weight excluding hydrogens is 405 g/mol. The molecule has 140 valence electrons. The highest BCUT2D eigenvalue weighted by molar-refractivity contribution is 8.01. The molecule has 0 spiro atoms. The number of amides is 1. The maximum absolute atomic E-state index is 13.0. The van der Waals surface area contributed by atoms with Crippen LogP contribution in [-0.4, -0.2) is 28.0 Å². The number of carbonyl (C=O) groups is 1. The molecule has 0 aliphatic rings. The molecule has 27 heavy (non-hydrogen) atoms. The summed E-state index contributed by atoms with van der Waals surface area (Å²) in [6.07, 6.45) is 0. The van der Waals surface area contributed by atoms with Gasteiger partial charge >= 0.3 is 0 Å². The Bertz CT molecular complexity index is 969. The topological polar surface area (TPSA) is 56.1 Å². The quantitative estimate of drug-likeness (QED) is 0.433. The van der Waals surface area contributed by atoms with Gasteiger partial charge in [-0.15, -0.1) is 5.10 Å². The van der Waals surface area contributed by atoms with Gasteiger partial charge in [0, 0.05) is 5.69 Å². The smallest absolute Gasteiger partial charge is 0.234 e. The summed E-state index contributed by atoms with van der Waals surface area (Å²) in [6, 6.07) is 13.1. The first kappa shape index (κ1) is 19.5. The van der Waals surface area contributed by atoms with Crippen LogP contribution >= 0.6 is 35.3 Å². The molecule has 1 heterocycles. The lowest BCUT2D eigenvalue weighted by atomic mass is 10.3. The summed E-state index contributed by atoms with van der Waals surface area (Å²) in [7, 11) is 0. The van der Waals surface area contributed by atoms with E-state index in [9.17, 15) is 9.18 Å². The third-order valence-electron chi connectivity index (χ3n) is 3.38. The van der Waals surface area contributed by atoms with Gasteiger partial charge in [0.2, 0.25) is 5.91 Å². The minimum atomic E-state index is -0.318. The van der Waals surface area contributed by atoms with Crippen molar-refractivity contribution in [2.45, 2.75) is 11.3 Å². The van der Waals surface area contributed by atoms with Crippen LogP contribution < -0.4 is 10.1 Å². The lowest BCUT2D eigenvalue weighted by molar-refractivity contribution is -0.113. The van der Waals surface area contributed by atoms with Crippen molar-refractivity contribution in [2.24, 2.45) is 0 Å². The van der Waals surface area contributed by atoms with Crippen LogP contribution in [0.1, 0.15) is 6.92 Å². The molecule has 0 saturated heterocycles. The van der Waals surface area contributed by atoms with Gasteiger partial charge in [0.25, 0.3) is 0 Å². The van der Waals surface area contributed by atoms with Crippen LogP contribution in [0.2, 0.25) is 0 Å². The molecule has 0 aliphatic carbocycles. The van der Waals surface area contributed by atoms with E-state index in [2.05, 4.69) is 10.4 Å². The number of aromatic nitrogens is 2. The summed E-state index contributed by atoms with van der Waals surface area (Å²) >= 11 is 7.92. The van der Waals surface area contributed by atoms with E-state index in [4.69, 9.17) is 17.0 Å². The molecule has 5 nitrogen and oxygen atoms in total. The SMILES string of the molecule is CCOc1ccc(NC(=O)CSc2nn(-c3ccc(F)cc3)c(=S)s2)cc1. The largest absolute Gasteiger partial charge is 0.494 e. The maximum atomic E-state index is 13.0. The van der Waals surface area contributed by atoms with Crippen molar-refractivity contribution in [2.75, 3.05) is 17.7 Å². The number of anilines is 1. The van der Waals surface area contributed by atoms with Gasteiger partial charge in [-0.25, -0.2) is 9.07 Å². The second-order valence-corrected chi connectivity index (χ2v) is 8.16. The molecule has 9 heteroatoms. The predicted octanol–water partition coefficient (Wildman–Crippen LogP) is 4.93. The van der Waals surface area contributed by atoms with Crippen molar-refractivity contribution >= 4 is 46.9 Å². The fourth-order valence-corrected chi connectivity index (χ4v) is 4.35. The zero-order chi connectivity index (χ0) is 19.2. The average Bonchev–Trinajstić information content (AvgIpc) is 3.03. The third kappa shape index (κ3) is 5.38. The van der Waals surface area contributed by atoms with Crippen LogP contribution in [-0.2, 0) is 4.79 Å². The minimum Gasteiger partial charge on any atom is -0.494 e. The molecule has 3 rings (SSSR count). The number of carbonyl (C=O) groups excluding carboxylic acids is 1. The van der Waals surface area contributed by atoms with Crippen molar-refractivity contribution < 1.29 is 13.9 Å². The zero-order valence-corrected chi connectivity index (χ0v) is 16.8. The Balaban J connectivity index is 1.58. The number of ether oxygens (including phenoxy) is 1. The van der Waals surface area contributed by atoms with Gasteiger partial charge in [0.05, 0.1) is 18.0 Å². The fraction of sp³-hybridized carbons (Fsp3) is 0.167.